The number of pyridine rings is 1. The van der Waals surface area contributed by atoms with Crippen LogP contribution in [0.4, 0.5) is 0 Å². The maximum absolute atomic E-state index is 12.3. The summed E-state index contributed by atoms with van der Waals surface area (Å²) in [6.07, 6.45) is 3.73. The fraction of sp³-hybridized carbons (Fsp3) is 0.111. The van der Waals surface area contributed by atoms with E-state index in [0.29, 0.717) is 28.0 Å². The van der Waals surface area contributed by atoms with E-state index >= 15 is 0 Å². The lowest BCUT2D eigenvalue weighted by molar-refractivity contribution is 0.0601. The normalized spacial score (nSPS) is 11.1. The molecule has 0 saturated carbocycles. The number of fused-ring (bicyclic) bond motifs is 2. The highest BCUT2D eigenvalue weighted by atomic mass is 32.2. The standard InChI is InChI=1S/C18H14N4O3S/c1-25-17(24)11-5-6-13-14(8-11)20-15(21-16(13)23)10-26-18-19-9-12-4-2-3-7-22(12)18/h2-9H,10H2,1H3,(H,20,21,23). The van der Waals surface area contributed by atoms with Crippen molar-refractivity contribution in [1.82, 2.24) is 19.4 Å². The van der Waals surface area contributed by atoms with Crippen molar-refractivity contribution >= 4 is 34.2 Å². The average molecular weight is 366 g/mol. The first-order chi connectivity index (χ1) is 12.7. The van der Waals surface area contributed by atoms with Gasteiger partial charge in [-0.3, -0.25) is 9.20 Å². The summed E-state index contributed by atoms with van der Waals surface area (Å²) in [5.74, 6) is 0.498. The highest BCUT2D eigenvalue weighted by Crippen LogP contribution is 2.21. The lowest BCUT2D eigenvalue weighted by Gasteiger charge is -2.05. The van der Waals surface area contributed by atoms with Gasteiger partial charge in [-0.2, -0.15) is 0 Å². The Morgan fingerprint density at radius 3 is 3.04 bits per heavy atom. The highest BCUT2D eigenvalue weighted by molar-refractivity contribution is 7.98. The van der Waals surface area contributed by atoms with Crippen LogP contribution >= 0.6 is 11.8 Å². The largest absolute Gasteiger partial charge is 0.465 e. The summed E-state index contributed by atoms with van der Waals surface area (Å²) >= 11 is 1.47. The molecule has 0 unspecified atom stereocenters. The van der Waals surface area contributed by atoms with Gasteiger partial charge in [-0.05, 0) is 30.3 Å². The minimum atomic E-state index is -0.464. The van der Waals surface area contributed by atoms with Crippen LogP contribution < -0.4 is 5.56 Å². The Kier molecular flexibility index (Phi) is 4.18. The number of methoxy groups -OCH3 is 1. The molecule has 4 rings (SSSR count). The predicted octanol–water partition coefficient (Wildman–Crippen LogP) is 2.65. The molecular weight excluding hydrogens is 352 g/mol. The molecule has 0 spiro atoms. The zero-order valence-corrected chi connectivity index (χ0v) is 14.6. The van der Waals surface area contributed by atoms with E-state index in [1.807, 2.05) is 28.8 Å². The average Bonchev–Trinajstić information content (AvgIpc) is 3.08. The van der Waals surface area contributed by atoms with Gasteiger partial charge in [-0.25, -0.2) is 14.8 Å². The third-order valence-electron chi connectivity index (χ3n) is 3.92. The molecule has 0 radical (unpaired) electrons. The van der Waals surface area contributed by atoms with Gasteiger partial charge in [-0.15, -0.1) is 0 Å². The molecule has 3 heterocycles. The van der Waals surface area contributed by atoms with Crippen LogP contribution in [0.2, 0.25) is 0 Å². The minimum Gasteiger partial charge on any atom is -0.465 e. The molecule has 3 aromatic heterocycles. The van der Waals surface area contributed by atoms with Crippen LogP contribution in [0.15, 0.2) is 58.7 Å². The second-order valence-electron chi connectivity index (χ2n) is 5.56. The molecule has 0 aliphatic rings. The monoisotopic (exact) mass is 366 g/mol. The summed E-state index contributed by atoms with van der Waals surface area (Å²) in [5.41, 5.74) is 1.57. The minimum absolute atomic E-state index is 0.241. The zero-order chi connectivity index (χ0) is 18.1. The molecule has 0 amide bonds. The quantitative estimate of drug-likeness (QED) is 0.441. The number of carbonyl (C=O) groups is 1. The Labute approximate surface area is 152 Å². The molecule has 26 heavy (non-hydrogen) atoms. The maximum Gasteiger partial charge on any atom is 0.337 e. The Morgan fingerprint density at radius 2 is 2.19 bits per heavy atom. The van der Waals surface area contributed by atoms with Crippen molar-refractivity contribution in [3.05, 3.63) is 70.5 Å². The van der Waals surface area contributed by atoms with Crippen molar-refractivity contribution in [2.45, 2.75) is 10.9 Å². The first-order valence-electron chi connectivity index (χ1n) is 7.82. The van der Waals surface area contributed by atoms with Crippen molar-refractivity contribution in [2.75, 3.05) is 7.11 Å². The Hall–Kier alpha value is -3.13. The molecule has 4 aromatic rings. The topological polar surface area (TPSA) is 89.4 Å². The summed E-state index contributed by atoms with van der Waals surface area (Å²) in [6, 6.07) is 10.6. The zero-order valence-electron chi connectivity index (χ0n) is 13.8. The highest BCUT2D eigenvalue weighted by Gasteiger charge is 2.11. The SMILES string of the molecule is COC(=O)c1ccc2c(=O)[nH]c(CSc3ncc4ccccn34)nc2c1. The molecule has 1 N–H and O–H groups in total. The number of aromatic nitrogens is 4. The summed E-state index contributed by atoms with van der Waals surface area (Å²) in [7, 11) is 1.31. The maximum atomic E-state index is 12.3. The van der Waals surface area contributed by atoms with Gasteiger partial charge in [0.15, 0.2) is 5.16 Å². The fourth-order valence-corrected chi connectivity index (χ4v) is 3.50. The van der Waals surface area contributed by atoms with Crippen molar-refractivity contribution in [1.29, 1.82) is 0 Å². The number of nitrogens with one attached hydrogen (secondary N) is 1. The lowest BCUT2D eigenvalue weighted by atomic mass is 10.1. The van der Waals surface area contributed by atoms with E-state index in [9.17, 15) is 9.59 Å². The van der Waals surface area contributed by atoms with Crippen molar-refractivity contribution in [3.8, 4) is 0 Å². The summed E-state index contributed by atoms with van der Waals surface area (Å²) in [4.78, 5) is 35.6. The van der Waals surface area contributed by atoms with E-state index in [-0.39, 0.29) is 5.56 Å². The number of aromatic amines is 1. The first-order valence-corrected chi connectivity index (χ1v) is 8.80. The second kappa shape index (κ2) is 6.64. The number of hydrogen-bond acceptors (Lipinski definition) is 6. The number of nitrogens with zero attached hydrogens (tertiary/aromatic N) is 3. The van der Waals surface area contributed by atoms with Crippen LogP contribution in [0.5, 0.6) is 0 Å². The van der Waals surface area contributed by atoms with Gasteiger partial charge in [0.2, 0.25) is 0 Å². The molecule has 130 valence electrons. The van der Waals surface area contributed by atoms with E-state index in [2.05, 4.69) is 15.0 Å². The summed E-state index contributed by atoms with van der Waals surface area (Å²) in [6.45, 7) is 0. The van der Waals surface area contributed by atoms with E-state index in [1.165, 1.54) is 18.9 Å². The van der Waals surface area contributed by atoms with Crippen LogP contribution in [0, 0.1) is 0 Å². The van der Waals surface area contributed by atoms with E-state index in [1.54, 1.807) is 24.4 Å². The second-order valence-corrected chi connectivity index (χ2v) is 6.50. The van der Waals surface area contributed by atoms with E-state index in [4.69, 9.17) is 4.74 Å². The van der Waals surface area contributed by atoms with Crippen molar-refractivity contribution < 1.29 is 9.53 Å². The molecule has 0 saturated heterocycles. The first kappa shape index (κ1) is 16.3. The van der Waals surface area contributed by atoms with Gasteiger partial charge >= 0.3 is 5.97 Å². The number of thioether (sulfide) groups is 1. The van der Waals surface area contributed by atoms with Gasteiger partial charge in [0.05, 0.1) is 41.0 Å². The van der Waals surface area contributed by atoms with Gasteiger partial charge < -0.3 is 9.72 Å². The van der Waals surface area contributed by atoms with Crippen LogP contribution in [0.25, 0.3) is 16.4 Å². The smallest absolute Gasteiger partial charge is 0.337 e. The van der Waals surface area contributed by atoms with Crippen molar-refractivity contribution in [2.24, 2.45) is 0 Å². The lowest BCUT2D eigenvalue weighted by Crippen LogP contribution is -2.12. The molecule has 0 atom stereocenters. The number of rotatable bonds is 4. The number of esters is 1. The van der Waals surface area contributed by atoms with Crippen LogP contribution in [0.1, 0.15) is 16.2 Å². The molecule has 1 aromatic carbocycles. The van der Waals surface area contributed by atoms with Gasteiger partial charge in [0.25, 0.3) is 5.56 Å². The third kappa shape index (κ3) is 2.95. The van der Waals surface area contributed by atoms with E-state index in [0.717, 1.165) is 10.7 Å². The Bertz CT molecular complexity index is 1180. The van der Waals surface area contributed by atoms with E-state index < -0.39 is 5.97 Å². The van der Waals surface area contributed by atoms with Crippen molar-refractivity contribution in [3.63, 3.8) is 0 Å². The Balaban J connectivity index is 1.65. The molecule has 0 bridgehead atoms. The van der Waals surface area contributed by atoms with Gasteiger partial charge in [0.1, 0.15) is 5.82 Å². The van der Waals surface area contributed by atoms with Crippen LogP contribution in [-0.2, 0) is 10.5 Å². The Morgan fingerprint density at radius 1 is 1.31 bits per heavy atom. The number of imidazole rings is 1. The summed E-state index contributed by atoms with van der Waals surface area (Å²) in [5, 5.41) is 1.24. The molecule has 8 heteroatoms. The molecule has 0 fully saturated rings. The predicted molar refractivity (Wildman–Crippen MR) is 98.5 cm³/mol. The number of ether oxygens (including phenoxy) is 1. The number of H-pyrrole nitrogens is 1. The molecule has 0 aliphatic heterocycles. The van der Waals surface area contributed by atoms with Gasteiger partial charge in [-0.1, -0.05) is 17.8 Å². The molecule has 7 nitrogen and oxygen atoms in total. The summed E-state index contributed by atoms with van der Waals surface area (Å²) < 4.78 is 6.69. The molecule has 0 aliphatic carbocycles. The molecular formula is C18H14N4O3S. The van der Waals surface area contributed by atoms with Crippen LogP contribution in [0.3, 0.4) is 0 Å². The number of carbonyl (C=O) groups excluding carboxylic acids is 1. The number of hydrogen-bond donors (Lipinski definition) is 1. The van der Waals surface area contributed by atoms with Gasteiger partial charge in [0, 0.05) is 6.20 Å². The fourth-order valence-electron chi connectivity index (χ4n) is 2.66. The third-order valence-corrected chi connectivity index (χ3v) is 4.90. The van der Waals surface area contributed by atoms with Crippen LogP contribution in [-0.4, -0.2) is 32.4 Å². The number of benzene rings is 1.